The van der Waals surface area contributed by atoms with Gasteiger partial charge in [0.2, 0.25) is 0 Å². The number of carbonyl (C=O) groups excluding carboxylic acids is 1. The van der Waals surface area contributed by atoms with Gasteiger partial charge >= 0.3 is 0 Å². The van der Waals surface area contributed by atoms with Gasteiger partial charge in [0.05, 0.1) is 11.3 Å². The predicted octanol–water partition coefficient (Wildman–Crippen LogP) is 4.01. The second-order valence-electron chi connectivity index (χ2n) is 6.16. The predicted molar refractivity (Wildman–Crippen MR) is 110 cm³/mol. The highest BCUT2D eigenvalue weighted by Crippen LogP contribution is 2.28. The number of nitrogens with zero attached hydrogens (tertiary/aromatic N) is 2. The molecule has 0 bridgehead atoms. The molecule has 0 spiro atoms. The molecule has 0 fully saturated rings. The minimum atomic E-state index is -3.47. The standard InChI is InChI=1S/C20H15N3O3S2/c1-28(25,26)18-6-2-5-17(22-18)23-20(24)15-4-3-10-21-19(15)14-7-8-16-13(12-14)9-11-27-16/h2-12H,1H3,(H,22,23,24). The molecular formula is C20H15N3O3S2. The van der Waals surface area contributed by atoms with Gasteiger partial charge in [-0.2, -0.15) is 0 Å². The molecule has 0 aliphatic heterocycles. The number of rotatable bonds is 4. The van der Waals surface area contributed by atoms with Crippen LogP contribution in [-0.4, -0.2) is 30.5 Å². The number of aromatic nitrogens is 2. The third kappa shape index (κ3) is 3.64. The van der Waals surface area contributed by atoms with Gasteiger partial charge in [-0.3, -0.25) is 9.78 Å². The number of carbonyl (C=O) groups is 1. The lowest BCUT2D eigenvalue weighted by atomic mass is 10.0. The molecule has 6 nitrogen and oxygen atoms in total. The summed E-state index contributed by atoms with van der Waals surface area (Å²) in [5.41, 5.74) is 1.76. The van der Waals surface area contributed by atoms with Gasteiger partial charge in [-0.25, -0.2) is 13.4 Å². The highest BCUT2D eigenvalue weighted by molar-refractivity contribution is 7.90. The summed E-state index contributed by atoms with van der Waals surface area (Å²) < 4.78 is 24.5. The second-order valence-corrected chi connectivity index (χ2v) is 9.07. The van der Waals surface area contributed by atoms with Crippen LogP contribution in [0.15, 0.2) is 71.2 Å². The number of amides is 1. The molecule has 8 heteroatoms. The number of anilines is 1. The molecule has 1 N–H and O–H groups in total. The number of hydrogen-bond donors (Lipinski definition) is 1. The molecule has 3 aromatic heterocycles. The SMILES string of the molecule is CS(=O)(=O)c1cccc(NC(=O)c2cccnc2-c2ccc3sccc3c2)n1. The first-order valence-electron chi connectivity index (χ1n) is 8.33. The maximum atomic E-state index is 12.8. The summed E-state index contributed by atoms with van der Waals surface area (Å²) in [6.07, 6.45) is 2.70. The van der Waals surface area contributed by atoms with Crippen molar-refractivity contribution in [1.29, 1.82) is 0 Å². The van der Waals surface area contributed by atoms with Crippen molar-refractivity contribution in [3.8, 4) is 11.3 Å². The topological polar surface area (TPSA) is 89.0 Å². The number of fused-ring (bicyclic) bond motifs is 1. The van der Waals surface area contributed by atoms with Gasteiger partial charge < -0.3 is 5.32 Å². The zero-order valence-corrected chi connectivity index (χ0v) is 16.4. The molecule has 0 aliphatic rings. The Balaban J connectivity index is 1.69. The minimum absolute atomic E-state index is 0.0976. The highest BCUT2D eigenvalue weighted by atomic mass is 32.2. The van der Waals surface area contributed by atoms with Gasteiger partial charge in [0, 0.05) is 22.7 Å². The lowest BCUT2D eigenvalue weighted by molar-refractivity contribution is 0.102. The van der Waals surface area contributed by atoms with Crippen molar-refractivity contribution >= 4 is 43.0 Å². The normalized spacial score (nSPS) is 11.5. The second kappa shape index (κ2) is 7.14. The Hall–Kier alpha value is -3.10. The van der Waals surface area contributed by atoms with Crippen molar-refractivity contribution in [2.24, 2.45) is 0 Å². The molecule has 0 radical (unpaired) electrons. The molecule has 28 heavy (non-hydrogen) atoms. The molecule has 4 rings (SSSR count). The van der Waals surface area contributed by atoms with E-state index in [9.17, 15) is 13.2 Å². The lowest BCUT2D eigenvalue weighted by Gasteiger charge is -2.10. The van der Waals surface area contributed by atoms with E-state index in [1.807, 2.05) is 29.6 Å². The van der Waals surface area contributed by atoms with Gasteiger partial charge in [0.25, 0.3) is 5.91 Å². The van der Waals surface area contributed by atoms with Crippen molar-refractivity contribution in [3.63, 3.8) is 0 Å². The summed E-state index contributed by atoms with van der Waals surface area (Å²) >= 11 is 1.65. The van der Waals surface area contributed by atoms with Crippen LogP contribution >= 0.6 is 11.3 Å². The number of benzene rings is 1. The van der Waals surface area contributed by atoms with E-state index < -0.39 is 15.7 Å². The van der Waals surface area contributed by atoms with Gasteiger partial charge in [-0.1, -0.05) is 12.1 Å². The Bertz CT molecular complexity index is 1300. The van der Waals surface area contributed by atoms with E-state index in [1.165, 1.54) is 12.1 Å². The van der Waals surface area contributed by atoms with Gasteiger partial charge in [0.15, 0.2) is 14.9 Å². The zero-order chi connectivity index (χ0) is 19.7. The van der Waals surface area contributed by atoms with Crippen LogP contribution in [0.5, 0.6) is 0 Å². The number of sulfone groups is 1. The fourth-order valence-corrected chi connectivity index (χ4v) is 4.17. The van der Waals surface area contributed by atoms with Gasteiger partial charge in [0.1, 0.15) is 5.82 Å². The van der Waals surface area contributed by atoms with Crippen LogP contribution < -0.4 is 5.32 Å². The Kier molecular flexibility index (Phi) is 4.66. The maximum Gasteiger partial charge on any atom is 0.259 e. The monoisotopic (exact) mass is 409 g/mol. The lowest BCUT2D eigenvalue weighted by Crippen LogP contribution is -2.15. The molecular weight excluding hydrogens is 394 g/mol. The van der Waals surface area contributed by atoms with E-state index in [0.717, 1.165) is 21.9 Å². The molecule has 0 aliphatic carbocycles. The van der Waals surface area contributed by atoms with Crippen molar-refractivity contribution in [2.75, 3.05) is 11.6 Å². The van der Waals surface area contributed by atoms with E-state index in [0.29, 0.717) is 11.3 Å². The first-order chi connectivity index (χ1) is 13.4. The quantitative estimate of drug-likeness (QED) is 0.550. The summed E-state index contributed by atoms with van der Waals surface area (Å²) in [6, 6.07) is 15.8. The highest BCUT2D eigenvalue weighted by Gasteiger charge is 2.16. The fraction of sp³-hybridized carbons (Fsp3) is 0.0500. The number of pyridine rings is 2. The molecule has 1 amide bonds. The van der Waals surface area contributed by atoms with Crippen molar-refractivity contribution < 1.29 is 13.2 Å². The molecule has 1 aromatic carbocycles. The Morgan fingerprint density at radius 2 is 1.93 bits per heavy atom. The zero-order valence-electron chi connectivity index (χ0n) is 14.8. The molecule has 140 valence electrons. The van der Waals surface area contributed by atoms with Crippen molar-refractivity contribution in [2.45, 2.75) is 5.03 Å². The van der Waals surface area contributed by atoms with Crippen LogP contribution in [-0.2, 0) is 9.84 Å². The van der Waals surface area contributed by atoms with E-state index in [1.54, 1.807) is 35.7 Å². The molecule has 0 saturated heterocycles. The average Bonchev–Trinajstić information content (AvgIpc) is 3.15. The summed E-state index contributed by atoms with van der Waals surface area (Å²) in [5, 5.41) is 5.66. The fourth-order valence-electron chi connectivity index (χ4n) is 2.81. The van der Waals surface area contributed by atoms with Crippen LogP contribution in [0.25, 0.3) is 21.3 Å². The largest absolute Gasteiger partial charge is 0.306 e. The summed E-state index contributed by atoms with van der Waals surface area (Å²) in [4.78, 5) is 21.2. The summed E-state index contributed by atoms with van der Waals surface area (Å²) in [7, 11) is -3.47. The number of thiophene rings is 1. The van der Waals surface area contributed by atoms with Crippen molar-refractivity contribution in [3.05, 3.63) is 71.7 Å². The van der Waals surface area contributed by atoms with Gasteiger partial charge in [-0.15, -0.1) is 11.3 Å². The molecule has 0 unspecified atom stereocenters. The summed E-state index contributed by atoms with van der Waals surface area (Å²) in [6.45, 7) is 0. The Morgan fingerprint density at radius 1 is 1.07 bits per heavy atom. The third-order valence-corrected chi connectivity index (χ3v) is 6.01. The molecule has 0 atom stereocenters. The first-order valence-corrected chi connectivity index (χ1v) is 11.1. The summed E-state index contributed by atoms with van der Waals surface area (Å²) in [5.74, 6) is -0.248. The average molecular weight is 409 g/mol. The first kappa shape index (κ1) is 18.3. The van der Waals surface area contributed by atoms with Crippen LogP contribution in [0.4, 0.5) is 5.82 Å². The molecule has 4 aromatic rings. The minimum Gasteiger partial charge on any atom is -0.306 e. The van der Waals surface area contributed by atoms with Gasteiger partial charge in [-0.05, 0) is 53.2 Å². The number of hydrogen-bond acceptors (Lipinski definition) is 6. The van der Waals surface area contributed by atoms with E-state index in [4.69, 9.17) is 0 Å². The molecule has 3 heterocycles. The van der Waals surface area contributed by atoms with Crippen LogP contribution in [0.3, 0.4) is 0 Å². The van der Waals surface area contributed by atoms with E-state index in [2.05, 4.69) is 15.3 Å². The van der Waals surface area contributed by atoms with E-state index in [-0.39, 0.29) is 10.8 Å². The van der Waals surface area contributed by atoms with Crippen LogP contribution in [0, 0.1) is 0 Å². The van der Waals surface area contributed by atoms with E-state index >= 15 is 0 Å². The third-order valence-electron chi connectivity index (χ3n) is 4.12. The Morgan fingerprint density at radius 3 is 2.75 bits per heavy atom. The maximum absolute atomic E-state index is 12.8. The van der Waals surface area contributed by atoms with Crippen LogP contribution in [0.2, 0.25) is 0 Å². The smallest absolute Gasteiger partial charge is 0.259 e. The molecule has 0 saturated carbocycles. The van der Waals surface area contributed by atoms with Crippen molar-refractivity contribution in [1.82, 2.24) is 9.97 Å². The van der Waals surface area contributed by atoms with Crippen LogP contribution in [0.1, 0.15) is 10.4 Å². The Labute approximate surface area is 165 Å². The number of nitrogens with one attached hydrogen (secondary N) is 1.